The fourth-order valence-electron chi connectivity index (χ4n) is 0.931. The maximum absolute atomic E-state index is 4.19. The van der Waals surface area contributed by atoms with Gasteiger partial charge in [0.05, 0.1) is 6.54 Å². The summed E-state index contributed by atoms with van der Waals surface area (Å²) in [6.45, 7) is 3.00. The molecule has 0 aliphatic carbocycles. The predicted octanol–water partition coefficient (Wildman–Crippen LogP) is 1.81. The zero-order valence-corrected chi connectivity index (χ0v) is 7.12. The summed E-state index contributed by atoms with van der Waals surface area (Å²) in [4.78, 5) is 0. The average Bonchev–Trinajstić information content (AvgIpc) is 2.04. The van der Waals surface area contributed by atoms with Crippen LogP contribution in [0.25, 0.3) is 0 Å². The molecule has 0 bridgehead atoms. The van der Waals surface area contributed by atoms with E-state index in [-0.39, 0.29) is 0 Å². The monoisotopic (exact) mass is 150 g/mol. The second kappa shape index (κ2) is 3.96. The van der Waals surface area contributed by atoms with Gasteiger partial charge >= 0.3 is 0 Å². The Labute approximate surface area is 67.9 Å². The summed E-state index contributed by atoms with van der Waals surface area (Å²) in [5.41, 5.74) is 1.31. The van der Waals surface area contributed by atoms with Gasteiger partial charge in [-0.1, -0.05) is 23.8 Å². The zero-order chi connectivity index (χ0) is 8.10. The van der Waals surface area contributed by atoms with Crippen molar-refractivity contribution in [3.8, 4) is 0 Å². The molecule has 0 atom stereocenters. The Morgan fingerprint density at radius 3 is 3.18 bits per heavy atom. The van der Waals surface area contributed by atoms with E-state index in [1.54, 1.807) is 0 Å². The van der Waals surface area contributed by atoms with Crippen molar-refractivity contribution >= 4 is 6.21 Å². The molecule has 11 heavy (non-hydrogen) atoms. The standard InChI is InChI=1S/C9H14N2/c1-9-5-3-7-10-11(2)8-4-6-9/h4-7H,3,8H2,1-2H3/b6-4?,9-5?,10-7-. The molecule has 0 aromatic rings. The van der Waals surface area contributed by atoms with E-state index in [1.807, 2.05) is 18.3 Å². The molecule has 0 N–H and O–H groups in total. The van der Waals surface area contributed by atoms with Gasteiger partial charge in [-0.05, 0) is 6.92 Å². The van der Waals surface area contributed by atoms with E-state index < -0.39 is 0 Å². The van der Waals surface area contributed by atoms with E-state index in [0.29, 0.717) is 0 Å². The van der Waals surface area contributed by atoms with Gasteiger partial charge in [0.25, 0.3) is 0 Å². The lowest BCUT2D eigenvalue weighted by molar-refractivity contribution is 0.396. The highest BCUT2D eigenvalue weighted by atomic mass is 15.4. The summed E-state index contributed by atoms with van der Waals surface area (Å²) in [6, 6.07) is 0. The molecule has 0 amide bonds. The molecule has 0 radical (unpaired) electrons. The van der Waals surface area contributed by atoms with E-state index in [1.165, 1.54) is 5.57 Å². The number of hydrogen-bond acceptors (Lipinski definition) is 2. The minimum atomic E-state index is 0.891. The van der Waals surface area contributed by atoms with Crippen LogP contribution in [-0.2, 0) is 0 Å². The molecule has 0 aromatic carbocycles. The molecule has 60 valence electrons. The topological polar surface area (TPSA) is 15.6 Å². The molecule has 0 fully saturated rings. The Morgan fingerprint density at radius 2 is 2.36 bits per heavy atom. The van der Waals surface area contributed by atoms with Crippen LogP contribution in [0.4, 0.5) is 0 Å². The molecule has 0 unspecified atom stereocenters. The number of allylic oxidation sites excluding steroid dienone is 3. The van der Waals surface area contributed by atoms with Gasteiger partial charge in [0.15, 0.2) is 0 Å². The number of likely N-dealkylation sites (N-methyl/N-ethyl adjacent to an activating group) is 1. The lowest BCUT2D eigenvalue weighted by atomic mass is 10.2. The fourth-order valence-corrected chi connectivity index (χ4v) is 0.931. The summed E-state index contributed by atoms with van der Waals surface area (Å²) in [5.74, 6) is 0. The van der Waals surface area contributed by atoms with Crippen molar-refractivity contribution < 1.29 is 0 Å². The molecule has 0 saturated heterocycles. The van der Waals surface area contributed by atoms with Crippen LogP contribution in [0.5, 0.6) is 0 Å². The molecule has 0 saturated carbocycles. The molecule has 1 heterocycles. The Hall–Kier alpha value is -1.05. The third-order valence-corrected chi connectivity index (χ3v) is 1.57. The summed E-state index contributed by atoms with van der Waals surface area (Å²) >= 11 is 0. The van der Waals surface area contributed by atoms with Gasteiger partial charge in [0, 0.05) is 19.7 Å². The molecule has 0 spiro atoms. The molecule has 2 heteroatoms. The third kappa shape index (κ3) is 3.03. The number of hydrazone groups is 1. The van der Waals surface area contributed by atoms with Crippen molar-refractivity contribution in [3.63, 3.8) is 0 Å². The normalized spacial score (nSPS) is 21.6. The van der Waals surface area contributed by atoms with Crippen LogP contribution in [0.3, 0.4) is 0 Å². The maximum atomic E-state index is 4.19. The minimum Gasteiger partial charge on any atom is -0.297 e. The highest BCUT2D eigenvalue weighted by Gasteiger charge is 1.89. The van der Waals surface area contributed by atoms with Crippen LogP contribution in [0.1, 0.15) is 13.3 Å². The van der Waals surface area contributed by atoms with Crippen LogP contribution in [0.15, 0.2) is 28.9 Å². The van der Waals surface area contributed by atoms with Gasteiger partial charge in [-0.3, -0.25) is 5.01 Å². The fraction of sp³-hybridized carbons (Fsp3) is 0.444. The molecule has 0 aromatic heterocycles. The SMILES string of the molecule is CC1=CC/C=N\N(C)CC=C1. The Balaban J connectivity index is 2.63. The first-order valence-electron chi connectivity index (χ1n) is 3.86. The van der Waals surface area contributed by atoms with Crippen LogP contribution in [0, 0.1) is 0 Å². The van der Waals surface area contributed by atoms with E-state index in [0.717, 1.165) is 13.0 Å². The third-order valence-electron chi connectivity index (χ3n) is 1.57. The van der Waals surface area contributed by atoms with Crippen molar-refractivity contribution in [2.75, 3.05) is 13.6 Å². The van der Waals surface area contributed by atoms with Gasteiger partial charge < -0.3 is 0 Å². The van der Waals surface area contributed by atoms with Crippen molar-refractivity contribution in [3.05, 3.63) is 23.8 Å². The van der Waals surface area contributed by atoms with E-state index in [2.05, 4.69) is 30.3 Å². The largest absolute Gasteiger partial charge is 0.297 e. The Bertz CT molecular complexity index is 202. The van der Waals surface area contributed by atoms with Crippen molar-refractivity contribution in [2.45, 2.75) is 13.3 Å². The van der Waals surface area contributed by atoms with Crippen molar-refractivity contribution in [1.29, 1.82) is 0 Å². The van der Waals surface area contributed by atoms with Crippen LogP contribution < -0.4 is 0 Å². The summed E-state index contributed by atoms with van der Waals surface area (Å²) in [6.07, 6.45) is 9.27. The first-order chi connectivity index (χ1) is 5.29. The average molecular weight is 150 g/mol. The predicted molar refractivity (Wildman–Crippen MR) is 48.6 cm³/mol. The molecule has 1 aliphatic rings. The quantitative estimate of drug-likeness (QED) is 0.514. The lowest BCUT2D eigenvalue weighted by Crippen LogP contribution is -2.10. The van der Waals surface area contributed by atoms with Crippen molar-refractivity contribution in [2.24, 2.45) is 5.10 Å². The first kappa shape index (κ1) is 8.05. The highest BCUT2D eigenvalue weighted by molar-refractivity contribution is 5.59. The molecule has 2 nitrogen and oxygen atoms in total. The minimum absolute atomic E-state index is 0.891. The van der Waals surface area contributed by atoms with Gasteiger partial charge in [-0.2, -0.15) is 5.10 Å². The summed E-state index contributed by atoms with van der Waals surface area (Å²) in [5, 5.41) is 6.11. The van der Waals surface area contributed by atoms with E-state index in [4.69, 9.17) is 0 Å². The summed E-state index contributed by atoms with van der Waals surface area (Å²) in [7, 11) is 1.97. The lowest BCUT2D eigenvalue weighted by Gasteiger charge is -2.07. The second-order valence-corrected chi connectivity index (χ2v) is 2.72. The van der Waals surface area contributed by atoms with Crippen LogP contribution in [0.2, 0.25) is 0 Å². The van der Waals surface area contributed by atoms with Crippen LogP contribution in [-0.4, -0.2) is 24.8 Å². The summed E-state index contributed by atoms with van der Waals surface area (Å²) < 4.78 is 0. The van der Waals surface area contributed by atoms with E-state index in [9.17, 15) is 0 Å². The Morgan fingerprint density at radius 1 is 1.55 bits per heavy atom. The molecular weight excluding hydrogens is 136 g/mol. The molecular formula is C9H14N2. The Kier molecular flexibility index (Phi) is 2.90. The van der Waals surface area contributed by atoms with Gasteiger partial charge in [-0.15, -0.1) is 0 Å². The maximum Gasteiger partial charge on any atom is 0.0540 e. The van der Waals surface area contributed by atoms with E-state index >= 15 is 0 Å². The number of rotatable bonds is 0. The van der Waals surface area contributed by atoms with Gasteiger partial charge in [0.1, 0.15) is 0 Å². The number of nitrogens with zero attached hydrogens (tertiary/aromatic N) is 2. The number of hydrogen-bond donors (Lipinski definition) is 0. The zero-order valence-electron chi connectivity index (χ0n) is 7.12. The van der Waals surface area contributed by atoms with Gasteiger partial charge in [-0.25, -0.2) is 0 Å². The van der Waals surface area contributed by atoms with Gasteiger partial charge in [0.2, 0.25) is 0 Å². The highest BCUT2D eigenvalue weighted by Crippen LogP contribution is 1.99. The van der Waals surface area contributed by atoms with Crippen LogP contribution >= 0.6 is 0 Å². The smallest absolute Gasteiger partial charge is 0.0540 e. The second-order valence-electron chi connectivity index (χ2n) is 2.72. The molecule has 1 rings (SSSR count). The van der Waals surface area contributed by atoms with Crippen molar-refractivity contribution in [1.82, 2.24) is 5.01 Å². The first-order valence-corrected chi connectivity index (χ1v) is 3.86. The molecule has 1 aliphatic heterocycles.